The van der Waals surface area contributed by atoms with Crippen LogP contribution in [0.2, 0.25) is 0 Å². The van der Waals surface area contributed by atoms with Gasteiger partial charge < -0.3 is 10.6 Å². The number of anilines is 1. The molecule has 2 heterocycles. The summed E-state index contributed by atoms with van der Waals surface area (Å²) >= 11 is 0. The lowest BCUT2D eigenvalue weighted by molar-refractivity contribution is -0.117. The van der Waals surface area contributed by atoms with E-state index >= 15 is 0 Å². The van der Waals surface area contributed by atoms with Gasteiger partial charge in [-0.2, -0.15) is 4.31 Å². The standard InChI is InChI=1S/C12H15N3O3S/c1-14-11-3-2-10(4-8(11)5-12(14)16)19(17,18)15-6-9(13)7-15/h2-4,9H,5-7,13H2,1H3. The summed E-state index contributed by atoms with van der Waals surface area (Å²) in [6.45, 7) is 0.719. The van der Waals surface area contributed by atoms with Gasteiger partial charge in [-0.15, -0.1) is 0 Å². The van der Waals surface area contributed by atoms with Crippen molar-refractivity contribution in [3.8, 4) is 0 Å². The maximum Gasteiger partial charge on any atom is 0.243 e. The molecule has 0 aliphatic carbocycles. The number of amides is 1. The fraction of sp³-hybridized carbons (Fsp3) is 0.417. The van der Waals surface area contributed by atoms with Gasteiger partial charge in [-0.3, -0.25) is 4.79 Å². The van der Waals surface area contributed by atoms with Crippen LogP contribution in [0.4, 0.5) is 5.69 Å². The average molecular weight is 281 g/mol. The zero-order valence-electron chi connectivity index (χ0n) is 10.5. The Bertz CT molecular complexity index is 650. The van der Waals surface area contributed by atoms with Gasteiger partial charge in [0, 0.05) is 31.9 Å². The molecule has 1 fully saturated rings. The van der Waals surface area contributed by atoms with Crippen molar-refractivity contribution in [3.63, 3.8) is 0 Å². The van der Waals surface area contributed by atoms with Crippen LogP contribution in [-0.2, 0) is 21.2 Å². The molecule has 0 aromatic heterocycles. The molecule has 1 aromatic rings. The smallest absolute Gasteiger partial charge is 0.243 e. The quantitative estimate of drug-likeness (QED) is 0.795. The van der Waals surface area contributed by atoms with Crippen molar-refractivity contribution in [3.05, 3.63) is 23.8 Å². The molecule has 0 radical (unpaired) electrons. The van der Waals surface area contributed by atoms with Gasteiger partial charge in [-0.1, -0.05) is 0 Å². The van der Waals surface area contributed by atoms with Gasteiger partial charge in [0.05, 0.1) is 11.3 Å². The van der Waals surface area contributed by atoms with Crippen LogP contribution in [0.25, 0.3) is 0 Å². The summed E-state index contributed by atoms with van der Waals surface area (Å²) in [5.41, 5.74) is 7.16. The minimum Gasteiger partial charge on any atom is -0.325 e. The van der Waals surface area contributed by atoms with Crippen LogP contribution in [0.15, 0.2) is 23.1 Å². The molecule has 2 aliphatic heterocycles. The first-order chi connectivity index (χ1) is 8.89. The lowest BCUT2D eigenvalue weighted by Crippen LogP contribution is -2.57. The molecule has 1 amide bonds. The summed E-state index contributed by atoms with van der Waals surface area (Å²) in [6.07, 6.45) is 0.259. The van der Waals surface area contributed by atoms with Gasteiger partial charge in [0.1, 0.15) is 0 Å². The first-order valence-electron chi connectivity index (χ1n) is 6.05. The predicted molar refractivity (Wildman–Crippen MR) is 70.3 cm³/mol. The van der Waals surface area contributed by atoms with Gasteiger partial charge in [0.2, 0.25) is 15.9 Å². The fourth-order valence-corrected chi connectivity index (χ4v) is 4.03. The highest BCUT2D eigenvalue weighted by Crippen LogP contribution is 2.31. The highest BCUT2D eigenvalue weighted by molar-refractivity contribution is 7.89. The zero-order valence-corrected chi connectivity index (χ0v) is 11.4. The molecule has 0 atom stereocenters. The Labute approximate surface area is 111 Å². The molecule has 0 saturated carbocycles. The maximum absolute atomic E-state index is 12.3. The second-order valence-corrected chi connectivity index (χ2v) is 6.94. The van der Waals surface area contributed by atoms with E-state index < -0.39 is 10.0 Å². The van der Waals surface area contributed by atoms with Crippen LogP contribution < -0.4 is 10.6 Å². The number of carbonyl (C=O) groups excluding carboxylic acids is 1. The highest BCUT2D eigenvalue weighted by atomic mass is 32.2. The molecule has 0 bridgehead atoms. The van der Waals surface area contributed by atoms with E-state index in [1.165, 1.54) is 4.31 Å². The molecule has 3 rings (SSSR count). The topological polar surface area (TPSA) is 83.7 Å². The molecule has 1 aromatic carbocycles. The molecule has 2 aliphatic rings. The highest BCUT2D eigenvalue weighted by Gasteiger charge is 2.35. The van der Waals surface area contributed by atoms with Crippen LogP contribution in [0, 0.1) is 0 Å². The third-order valence-corrected chi connectivity index (χ3v) is 5.47. The summed E-state index contributed by atoms with van der Waals surface area (Å²) < 4.78 is 26.0. The summed E-state index contributed by atoms with van der Waals surface area (Å²) in [5.74, 6) is -0.0180. The van der Waals surface area contributed by atoms with E-state index in [9.17, 15) is 13.2 Å². The number of rotatable bonds is 2. The third-order valence-electron chi connectivity index (χ3n) is 3.64. The van der Waals surface area contributed by atoms with Crippen molar-refractivity contribution < 1.29 is 13.2 Å². The first kappa shape index (κ1) is 12.6. The molecule has 1 saturated heterocycles. The second kappa shape index (κ2) is 4.03. The second-order valence-electron chi connectivity index (χ2n) is 5.00. The number of hydrogen-bond acceptors (Lipinski definition) is 4. The molecule has 0 unspecified atom stereocenters. The first-order valence-corrected chi connectivity index (χ1v) is 7.49. The van der Waals surface area contributed by atoms with Crippen LogP contribution in [0.5, 0.6) is 0 Å². The van der Waals surface area contributed by atoms with E-state index in [0.29, 0.717) is 13.1 Å². The maximum atomic E-state index is 12.3. The van der Waals surface area contributed by atoms with E-state index in [0.717, 1.165) is 11.3 Å². The lowest BCUT2D eigenvalue weighted by atomic mass is 10.2. The number of benzene rings is 1. The number of carbonyl (C=O) groups is 1. The molecular weight excluding hydrogens is 266 g/mol. The van der Waals surface area contributed by atoms with Crippen LogP contribution in [0.1, 0.15) is 5.56 Å². The van der Waals surface area contributed by atoms with Gasteiger partial charge in [-0.05, 0) is 23.8 Å². The van der Waals surface area contributed by atoms with Gasteiger partial charge in [-0.25, -0.2) is 8.42 Å². The van der Waals surface area contributed by atoms with Crippen LogP contribution >= 0.6 is 0 Å². The van der Waals surface area contributed by atoms with Gasteiger partial charge in [0.15, 0.2) is 0 Å². The number of hydrogen-bond donors (Lipinski definition) is 1. The van der Waals surface area contributed by atoms with E-state index in [-0.39, 0.29) is 23.3 Å². The summed E-state index contributed by atoms with van der Waals surface area (Å²) in [6, 6.07) is 4.76. The van der Waals surface area contributed by atoms with E-state index in [1.807, 2.05) is 0 Å². The van der Waals surface area contributed by atoms with E-state index in [1.54, 1.807) is 30.1 Å². The van der Waals surface area contributed by atoms with Crippen molar-refractivity contribution in [1.82, 2.24) is 4.31 Å². The molecule has 2 N–H and O–H groups in total. The van der Waals surface area contributed by atoms with Crippen molar-refractivity contribution in [2.75, 3.05) is 25.0 Å². The molecule has 7 heteroatoms. The minimum absolute atomic E-state index is 0.0180. The molecule has 6 nitrogen and oxygen atoms in total. The number of nitrogens with two attached hydrogens (primary N) is 1. The summed E-state index contributed by atoms with van der Waals surface area (Å²) in [5, 5.41) is 0. The van der Waals surface area contributed by atoms with Gasteiger partial charge in [0.25, 0.3) is 0 Å². The monoisotopic (exact) mass is 281 g/mol. The SMILES string of the molecule is CN1C(=O)Cc2cc(S(=O)(=O)N3CC(N)C3)ccc21. The summed E-state index contributed by atoms with van der Waals surface area (Å²) in [7, 11) is -1.78. The molecular formula is C12H15N3O3S. The van der Waals surface area contributed by atoms with Crippen molar-refractivity contribution >= 4 is 21.6 Å². The number of nitrogens with zero attached hydrogens (tertiary/aromatic N) is 2. The minimum atomic E-state index is -3.47. The Morgan fingerprint density at radius 3 is 2.63 bits per heavy atom. The Morgan fingerprint density at radius 1 is 1.32 bits per heavy atom. The number of likely N-dealkylation sites (N-methyl/N-ethyl adjacent to an activating group) is 1. The largest absolute Gasteiger partial charge is 0.325 e. The Balaban J connectivity index is 1.96. The number of sulfonamides is 1. The zero-order chi connectivity index (χ0) is 13.8. The molecule has 19 heavy (non-hydrogen) atoms. The van der Waals surface area contributed by atoms with Crippen molar-refractivity contribution in [1.29, 1.82) is 0 Å². The predicted octanol–water partition coefficient (Wildman–Crippen LogP) is -0.463. The van der Waals surface area contributed by atoms with Crippen LogP contribution in [-0.4, -0.2) is 44.8 Å². The third kappa shape index (κ3) is 1.85. The average Bonchev–Trinajstić information content (AvgIpc) is 2.61. The Morgan fingerprint density at radius 2 is 2.00 bits per heavy atom. The van der Waals surface area contributed by atoms with Crippen LogP contribution in [0.3, 0.4) is 0 Å². The Hall–Kier alpha value is -1.44. The lowest BCUT2D eigenvalue weighted by Gasteiger charge is -2.35. The normalized spacial score (nSPS) is 20.5. The molecule has 102 valence electrons. The van der Waals surface area contributed by atoms with Crippen molar-refractivity contribution in [2.24, 2.45) is 5.73 Å². The molecule has 0 spiro atoms. The van der Waals surface area contributed by atoms with E-state index in [4.69, 9.17) is 5.73 Å². The van der Waals surface area contributed by atoms with Crippen molar-refractivity contribution in [2.45, 2.75) is 17.4 Å². The fourth-order valence-electron chi connectivity index (χ4n) is 2.42. The Kier molecular flexibility index (Phi) is 2.67. The van der Waals surface area contributed by atoms with E-state index in [2.05, 4.69) is 0 Å². The number of fused-ring (bicyclic) bond motifs is 1. The van der Waals surface area contributed by atoms with Gasteiger partial charge >= 0.3 is 0 Å². The summed E-state index contributed by atoms with van der Waals surface area (Å²) in [4.78, 5) is 13.4.